The maximum Gasteiger partial charge on any atom is 0.163 e. The number of rotatable bonds is 1. The van der Waals surface area contributed by atoms with Gasteiger partial charge in [0.2, 0.25) is 0 Å². The predicted octanol–water partition coefficient (Wildman–Crippen LogP) is 1.68. The molecule has 0 heterocycles. The zero-order valence-electron chi connectivity index (χ0n) is 4.93. The monoisotopic (exact) mass is 142 g/mol. The Morgan fingerprint density at radius 2 is 2.44 bits per heavy atom. The lowest BCUT2D eigenvalue weighted by molar-refractivity contribution is -0.114. The van der Waals surface area contributed by atoms with E-state index in [4.69, 9.17) is 11.6 Å². The van der Waals surface area contributed by atoms with Gasteiger partial charge in [-0.15, -0.1) is 11.6 Å². The number of ketones is 1. The normalized spacial score (nSPS) is 17.9. The van der Waals surface area contributed by atoms with Crippen LogP contribution in [0.15, 0.2) is 23.8 Å². The van der Waals surface area contributed by atoms with E-state index in [1.54, 1.807) is 6.08 Å². The second-order valence-electron chi connectivity index (χ2n) is 1.88. The maximum atomic E-state index is 10.8. The van der Waals surface area contributed by atoms with Crippen LogP contribution in [0, 0.1) is 0 Å². The Labute approximate surface area is 59.0 Å². The molecule has 0 N–H and O–H groups in total. The molecule has 1 nitrogen and oxygen atoms in total. The van der Waals surface area contributed by atoms with Gasteiger partial charge < -0.3 is 0 Å². The summed E-state index contributed by atoms with van der Waals surface area (Å²) in [5.74, 6) is 0.482. The molecule has 9 heavy (non-hydrogen) atoms. The van der Waals surface area contributed by atoms with Crippen molar-refractivity contribution in [1.82, 2.24) is 0 Å². The van der Waals surface area contributed by atoms with Gasteiger partial charge in [-0.05, 0) is 0 Å². The minimum atomic E-state index is 0.146. The molecule has 0 saturated heterocycles. The lowest BCUT2D eigenvalue weighted by atomic mass is 10.1. The van der Waals surface area contributed by atoms with Crippen molar-refractivity contribution in [3.8, 4) is 0 Å². The molecule has 0 spiro atoms. The van der Waals surface area contributed by atoms with E-state index in [9.17, 15) is 4.79 Å². The van der Waals surface area contributed by atoms with E-state index >= 15 is 0 Å². The highest BCUT2D eigenvalue weighted by Crippen LogP contribution is 2.08. The second kappa shape index (κ2) is 2.83. The fourth-order valence-electron chi connectivity index (χ4n) is 0.702. The van der Waals surface area contributed by atoms with Gasteiger partial charge in [-0.25, -0.2) is 0 Å². The molecule has 1 rings (SSSR count). The average molecular weight is 143 g/mol. The molecule has 0 aromatic heterocycles. The van der Waals surface area contributed by atoms with Crippen LogP contribution >= 0.6 is 11.6 Å². The van der Waals surface area contributed by atoms with E-state index < -0.39 is 0 Å². The van der Waals surface area contributed by atoms with E-state index in [-0.39, 0.29) is 5.78 Å². The smallest absolute Gasteiger partial charge is 0.163 e. The Morgan fingerprint density at radius 3 is 2.89 bits per heavy atom. The van der Waals surface area contributed by atoms with Crippen molar-refractivity contribution in [2.24, 2.45) is 0 Å². The third-order valence-corrected chi connectivity index (χ3v) is 1.53. The largest absolute Gasteiger partial charge is 0.294 e. The lowest BCUT2D eigenvalue weighted by Crippen LogP contribution is -2.04. The zero-order chi connectivity index (χ0) is 6.69. The summed E-state index contributed by atoms with van der Waals surface area (Å²) < 4.78 is 0. The summed E-state index contributed by atoms with van der Waals surface area (Å²) in [7, 11) is 0. The number of carbonyl (C=O) groups is 1. The first kappa shape index (κ1) is 6.56. The van der Waals surface area contributed by atoms with Crippen LogP contribution in [0.5, 0.6) is 0 Å². The summed E-state index contributed by atoms with van der Waals surface area (Å²) in [5.41, 5.74) is 0.721. The van der Waals surface area contributed by atoms with E-state index in [0.29, 0.717) is 12.3 Å². The molecular weight excluding hydrogens is 136 g/mol. The molecule has 0 aliphatic heterocycles. The van der Waals surface area contributed by atoms with Crippen molar-refractivity contribution in [2.45, 2.75) is 6.42 Å². The van der Waals surface area contributed by atoms with Gasteiger partial charge in [0.25, 0.3) is 0 Å². The van der Waals surface area contributed by atoms with Crippen LogP contribution in [0.25, 0.3) is 0 Å². The van der Waals surface area contributed by atoms with E-state index in [1.165, 1.54) is 0 Å². The minimum absolute atomic E-state index is 0.146. The summed E-state index contributed by atoms with van der Waals surface area (Å²) in [6.45, 7) is 0. The van der Waals surface area contributed by atoms with Crippen LogP contribution in [0.4, 0.5) is 0 Å². The molecule has 0 fully saturated rings. The number of carbonyl (C=O) groups excluding carboxylic acids is 1. The average Bonchev–Trinajstić information content (AvgIpc) is 1.89. The van der Waals surface area contributed by atoms with Crippen molar-refractivity contribution in [2.75, 3.05) is 5.88 Å². The van der Waals surface area contributed by atoms with Gasteiger partial charge in [0.15, 0.2) is 5.78 Å². The Balaban J connectivity index is 2.74. The number of allylic oxidation sites excluding steroid dienone is 4. The van der Waals surface area contributed by atoms with Gasteiger partial charge in [0, 0.05) is 12.0 Å². The van der Waals surface area contributed by atoms with Gasteiger partial charge in [-0.1, -0.05) is 18.2 Å². The van der Waals surface area contributed by atoms with Crippen molar-refractivity contribution in [1.29, 1.82) is 0 Å². The molecule has 0 aromatic rings. The molecule has 2 heteroatoms. The standard InChI is InChI=1S/C7H7ClO/c8-5-6-3-1-2-4-7(6)9/h1-3H,4-5H2. The molecule has 0 saturated carbocycles. The molecule has 0 unspecified atom stereocenters. The molecular formula is C7H7ClO. The van der Waals surface area contributed by atoms with E-state index in [2.05, 4.69) is 0 Å². The van der Waals surface area contributed by atoms with Gasteiger partial charge in [-0.3, -0.25) is 4.79 Å². The topological polar surface area (TPSA) is 17.1 Å². The van der Waals surface area contributed by atoms with Gasteiger partial charge >= 0.3 is 0 Å². The molecule has 1 aliphatic carbocycles. The first-order valence-corrected chi connectivity index (χ1v) is 3.33. The Kier molecular flexibility index (Phi) is 2.06. The highest BCUT2D eigenvalue weighted by molar-refractivity contribution is 6.23. The molecule has 48 valence electrons. The van der Waals surface area contributed by atoms with Gasteiger partial charge in [0.05, 0.1) is 5.88 Å². The summed E-state index contributed by atoms with van der Waals surface area (Å²) in [5, 5.41) is 0. The quantitative estimate of drug-likeness (QED) is 0.509. The van der Waals surface area contributed by atoms with E-state index in [1.807, 2.05) is 12.2 Å². The van der Waals surface area contributed by atoms with Crippen LogP contribution in [0.1, 0.15) is 6.42 Å². The molecule has 1 aliphatic rings. The Hall–Kier alpha value is -0.560. The number of halogens is 1. The van der Waals surface area contributed by atoms with Crippen molar-refractivity contribution < 1.29 is 4.79 Å². The van der Waals surface area contributed by atoms with Crippen molar-refractivity contribution in [3.05, 3.63) is 23.8 Å². The van der Waals surface area contributed by atoms with Crippen LogP contribution in [-0.2, 0) is 4.79 Å². The molecule has 0 radical (unpaired) electrons. The molecule has 0 aromatic carbocycles. The van der Waals surface area contributed by atoms with Crippen LogP contribution < -0.4 is 0 Å². The summed E-state index contributed by atoms with van der Waals surface area (Å²) in [6.07, 6.45) is 5.97. The van der Waals surface area contributed by atoms with Gasteiger partial charge in [0.1, 0.15) is 0 Å². The molecule has 0 amide bonds. The fraction of sp³-hybridized carbons (Fsp3) is 0.286. The second-order valence-corrected chi connectivity index (χ2v) is 2.15. The number of hydrogen-bond acceptors (Lipinski definition) is 1. The van der Waals surface area contributed by atoms with Crippen molar-refractivity contribution in [3.63, 3.8) is 0 Å². The van der Waals surface area contributed by atoms with Gasteiger partial charge in [-0.2, -0.15) is 0 Å². The maximum absolute atomic E-state index is 10.8. The van der Waals surface area contributed by atoms with Crippen LogP contribution in [-0.4, -0.2) is 11.7 Å². The summed E-state index contributed by atoms with van der Waals surface area (Å²) in [4.78, 5) is 10.8. The fourth-order valence-corrected chi connectivity index (χ4v) is 0.941. The highest BCUT2D eigenvalue weighted by Gasteiger charge is 2.07. The first-order valence-electron chi connectivity index (χ1n) is 2.79. The molecule has 0 atom stereocenters. The molecule has 0 bridgehead atoms. The third kappa shape index (κ3) is 1.42. The van der Waals surface area contributed by atoms with E-state index in [0.717, 1.165) is 5.57 Å². The van der Waals surface area contributed by atoms with Crippen molar-refractivity contribution >= 4 is 17.4 Å². The first-order chi connectivity index (χ1) is 4.34. The van der Waals surface area contributed by atoms with Crippen LogP contribution in [0.2, 0.25) is 0 Å². The Bertz CT molecular complexity index is 179. The minimum Gasteiger partial charge on any atom is -0.294 e. The lowest BCUT2D eigenvalue weighted by Gasteiger charge is -2.01. The predicted molar refractivity (Wildman–Crippen MR) is 37.6 cm³/mol. The highest BCUT2D eigenvalue weighted by atomic mass is 35.5. The SMILES string of the molecule is O=C1CC=CC=C1CCl. The zero-order valence-corrected chi connectivity index (χ0v) is 5.69. The number of Topliss-reactive ketones (excluding diaryl/α,β-unsaturated/α-hetero) is 1. The van der Waals surface area contributed by atoms with Crippen LogP contribution in [0.3, 0.4) is 0 Å². The summed E-state index contributed by atoms with van der Waals surface area (Å²) in [6, 6.07) is 0. The number of alkyl halides is 1. The third-order valence-electron chi connectivity index (χ3n) is 1.24. The number of hydrogen-bond donors (Lipinski definition) is 0. The Morgan fingerprint density at radius 1 is 1.67 bits per heavy atom. The summed E-state index contributed by atoms with van der Waals surface area (Å²) >= 11 is 5.45.